The smallest absolute Gasteiger partial charge is 0.228 e. The number of H-pyrrole nitrogens is 1. The maximum absolute atomic E-state index is 12.4. The molecule has 2 aromatic carbocycles. The molecule has 3 rings (SSSR count). The molecule has 116 valence electrons. The van der Waals surface area contributed by atoms with Crippen LogP contribution < -0.4 is 5.32 Å². The summed E-state index contributed by atoms with van der Waals surface area (Å²) in [5, 5.41) is 3.93. The zero-order chi connectivity index (χ0) is 16.4. The molecule has 0 aliphatic rings. The predicted molar refractivity (Wildman–Crippen MR) is 91.8 cm³/mol. The van der Waals surface area contributed by atoms with Crippen LogP contribution in [-0.2, 0) is 11.2 Å². The topological polar surface area (TPSA) is 62.0 Å². The first kappa shape index (κ1) is 15.0. The zero-order valence-corrected chi connectivity index (χ0v) is 13.1. The van der Waals surface area contributed by atoms with E-state index in [0.29, 0.717) is 11.3 Å². The van der Waals surface area contributed by atoms with Crippen molar-refractivity contribution in [1.82, 2.24) is 4.98 Å². The van der Waals surface area contributed by atoms with E-state index < -0.39 is 0 Å². The van der Waals surface area contributed by atoms with E-state index in [1.807, 2.05) is 31.3 Å². The Kier molecular flexibility index (Phi) is 3.98. The van der Waals surface area contributed by atoms with Gasteiger partial charge in [-0.25, -0.2) is 0 Å². The molecule has 0 saturated heterocycles. The highest BCUT2D eigenvalue weighted by atomic mass is 16.1. The van der Waals surface area contributed by atoms with Crippen LogP contribution in [0.1, 0.15) is 28.4 Å². The Bertz CT molecular complexity index is 893. The summed E-state index contributed by atoms with van der Waals surface area (Å²) >= 11 is 0. The molecular weight excluding hydrogens is 288 g/mol. The molecule has 0 atom stereocenters. The summed E-state index contributed by atoms with van der Waals surface area (Å²) in [6.07, 6.45) is 2.13. The lowest BCUT2D eigenvalue weighted by Crippen LogP contribution is -2.16. The highest BCUT2D eigenvalue weighted by Gasteiger charge is 2.13. The van der Waals surface area contributed by atoms with Crippen molar-refractivity contribution in [2.75, 3.05) is 5.32 Å². The molecule has 2 N–H and O–H groups in total. The van der Waals surface area contributed by atoms with Crippen LogP contribution >= 0.6 is 0 Å². The number of hydrogen-bond donors (Lipinski definition) is 2. The molecular formula is C19H18N2O2. The fourth-order valence-electron chi connectivity index (χ4n) is 2.86. The summed E-state index contributed by atoms with van der Waals surface area (Å²) in [6, 6.07) is 13.1. The van der Waals surface area contributed by atoms with Crippen molar-refractivity contribution in [3.05, 3.63) is 65.4 Å². The van der Waals surface area contributed by atoms with E-state index in [9.17, 15) is 9.59 Å². The summed E-state index contributed by atoms with van der Waals surface area (Å²) in [4.78, 5) is 27.2. The van der Waals surface area contributed by atoms with E-state index in [1.165, 1.54) is 6.92 Å². The van der Waals surface area contributed by atoms with E-state index >= 15 is 0 Å². The molecule has 4 heteroatoms. The molecule has 0 bridgehead atoms. The highest BCUT2D eigenvalue weighted by molar-refractivity contribution is 6.04. The van der Waals surface area contributed by atoms with Crippen molar-refractivity contribution >= 4 is 28.3 Å². The number of carbonyl (C=O) groups is 2. The van der Waals surface area contributed by atoms with E-state index in [1.54, 1.807) is 24.3 Å². The third-order valence-corrected chi connectivity index (χ3v) is 3.93. The quantitative estimate of drug-likeness (QED) is 0.719. The minimum Gasteiger partial charge on any atom is -0.361 e. The third-order valence-electron chi connectivity index (χ3n) is 3.93. The van der Waals surface area contributed by atoms with Gasteiger partial charge in [0.25, 0.3) is 0 Å². The number of aromatic nitrogens is 1. The third kappa shape index (κ3) is 3.01. The van der Waals surface area contributed by atoms with Gasteiger partial charge in [0.1, 0.15) is 0 Å². The maximum atomic E-state index is 12.4. The van der Waals surface area contributed by atoms with Crippen LogP contribution in [0.2, 0.25) is 0 Å². The van der Waals surface area contributed by atoms with Gasteiger partial charge in [-0.2, -0.15) is 0 Å². The molecule has 1 aromatic heterocycles. The summed E-state index contributed by atoms with van der Waals surface area (Å²) in [5.74, 6) is -0.202. The lowest BCUT2D eigenvalue weighted by atomic mass is 10.0. The first-order chi connectivity index (χ1) is 11.1. The minimum atomic E-state index is -0.136. The standard InChI is InChI=1S/C19H18N2O2/c1-12-6-5-9-17-19(12)14(11-20-17)10-18(23)21-16-8-4-3-7-15(16)13(2)22/h3-9,11,20H,10H2,1-2H3,(H,21,23). The molecule has 0 saturated carbocycles. The number of aromatic amines is 1. The molecule has 0 radical (unpaired) electrons. The maximum Gasteiger partial charge on any atom is 0.228 e. The average Bonchev–Trinajstić information content (AvgIpc) is 2.92. The number of amides is 1. The normalized spacial score (nSPS) is 10.7. The largest absolute Gasteiger partial charge is 0.361 e. The average molecular weight is 306 g/mol. The Morgan fingerprint density at radius 2 is 1.87 bits per heavy atom. The number of rotatable bonds is 4. The zero-order valence-electron chi connectivity index (χ0n) is 13.1. The number of aryl methyl sites for hydroxylation is 1. The van der Waals surface area contributed by atoms with Crippen LogP contribution in [0.5, 0.6) is 0 Å². The Labute approximate surface area is 134 Å². The van der Waals surface area contributed by atoms with Gasteiger partial charge in [-0.1, -0.05) is 24.3 Å². The number of carbonyl (C=O) groups excluding carboxylic acids is 2. The second-order valence-corrected chi connectivity index (χ2v) is 5.64. The first-order valence-corrected chi connectivity index (χ1v) is 7.51. The van der Waals surface area contributed by atoms with Crippen LogP contribution in [0.3, 0.4) is 0 Å². The van der Waals surface area contributed by atoms with Crippen molar-refractivity contribution in [2.45, 2.75) is 20.3 Å². The minimum absolute atomic E-state index is 0.0659. The van der Waals surface area contributed by atoms with E-state index in [-0.39, 0.29) is 18.1 Å². The van der Waals surface area contributed by atoms with Crippen LogP contribution in [0.4, 0.5) is 5.69 Å². The molecule has 0 aliphatic carbocycles. The van der Waals surface area contributed by atoms with Gasteiger partial charge in [0.2, 0.25) is 5.91 Å². The highest BCUT2D eigenvalue weighted by Crippen LogP contribution is 2.23. The van der Waals surface area contributed by atoms with Crippen LogP contribution in [0.15, 0.2) is 48.7 Å². The van der Waals surface area contributed by atoms with Crippen LogP contribution in [0, 0.1) is 6.92 Å². The fraction of sp³-hybridized carbons (Fsp3) is 0.158. The van der Waals surface area contributed by atoms with Crippen LogP contribution in [-0.4, -0.2) is 16.7 Å². The molecule has 4 nitrogen and oxygen atoms in total. The van der Waals surface area contributed by atoms with Crippen molar-refractivity contribution < 1.29 is 9.59 Å². The second kappa shape index (κ2) is 6.08. The van der Waals surface area contributed by atoms with Crippen molar-refractivity contribution in [1.29, 1.82) is 0 Å². The Balaban J connectivity index is 1.84. The molecule has 1 amide bonds. The van der Waals surface area contributed by atoms with E-state index in [4.69, 9.17) is 0 Å². The van der Waals surface area contributed by atoms with Gasteiger partial charge >= 0.3 is 0 Å². The number of anilines is 1. The number of Topliss-reactive ketones (excluding diaryl/α,β-unsaturated/α-hetero) is 1. The summed E-state index contributed by atoms with van der Waals surface area (Å²) in [7, 11) is 0. The monoisotopic (exact) mass is 306 g/mol. The Hall–Kier alpha value is -2.88. The number of nitrogens with one attached hydrogen (secondary N) is 2. The number of para-hydroxylation sites is 1. The summed E-state index contributed by atoms with van der Waals surface area (Å²) < 4.78 is 0. The lowest BCUT2D eigenvalue weighted by Gasteiger charge is -2.09. The second-order valence-electron chi connectivity index (χ2n) is 5.64. The molecule has 0 spiro atoms. The molecule has 23 heavy (non-hydrogen) atoms. The summed E-state index contributed by atoms with van der Waals surface area (Å²) in [6.45, 7) is 3.52. The van der Waals surface area contributed by atoms with Crippen molar-refractivity contribution in [3.8, 4) is 0 Å². The van der Waals surface area contributed by atoms with E-state index in [2.05, 4.69) is 10.3 Å². The molecule has 0 fully saturated rings. The first-order valence-electron chi connectivity index (χ1n) is 7.51. The van der Waals surface area contributed by atoms with Gasteiger partial charge in [-0.3, -0.25) is 9.59 Å². The summed E-state index contributed by atoms with van der Waals surface area (Å²) in [5.41, 5.74) is 4.20. The fourth-order valence-corrected chi connectivity index (χ4v) is 2.86. The Morgan fingerprint density at radius 1 is 1.09 bits per heavy atom. The van der Waals surface area contributed by atoms with Gasteiger partial charge in [-0.15, -0.1) is 0 Å². The van der Waals surface area contributed by atoms with Gasteiger partial charge in [-0.05, 0) is 43.2 Å². The van der Waals surface area contributed by atoms with Gasteiger partial charge in [0, 0.05) is 22.7 Å². The predicted octanol–water partition coefficient (Wildman–Crippen LogP) is 3.86. The molecule has 1 heterocycles. The van der Waals surface area contributed by atoms with Crippen LogP contribution in [0.25, 0.3) is 10.9 Å². The number of hydrogen-bond acceptors (Lipinski definition) is 2. The molecule has 0 unspecified atom stereocenters. The SMILES string of the molecule is CC(=O)c1ccccc1NC(=O)Cc1c[nH]c2cccc(C)c12. The number of fused-ring (bicyclic) bond motifs is 1. The van der Waals surface area contributed by atoms with E-state index in [0.717, 1.165) is 22.0 Å². The Morgan fingerprint density at radius 3 is 2.65 bits per heavy atom. The van der Waals surface area contributed by atoms with Gasteiger partial charge in [0.05, 0.1) is 12.1 Å². The van der Waals surface area contributed by atoms with Gasteiger partial charge in [0.15, 0.2) is 5.78 Å². The number of benzene rings is 2. The van der Waals surface area contributed by atoms with Crippen molar-refractivity contribution in [3.63, 3.8) is 0 Å². The number of ketones is 1. The lowest BCUT2D eigenvalue weighted by molar-refractivity contribution is -0.115. The van der Waals surface area contributed by atoms with Crippen molar-refractivity contribution in [2.24, 2.45) is 0 Å². The molecule has 3 aromatic rings. The van der Waals surface area contributed by atoms with Gasteiger partial charge < -0.3 is 10.3 Å². The molecule has 0 aliphatic heterocycles.